The van der Waals surface area contributed by atoms with Crippen molar-refractivity contribution >= 4 is 17.5 Å². The van der Waals surface area contributed by atoms with E-state index in [2.05, 4.69) is 10.6 Å². The van der Waals surface area contributed by atoms with Crippen molar-refractivity contribution in [1.82, 2.24) is 5.32 Å². The summed E-state index contributed by atoms with van der Waals surface area (Å²) in [5, 5.41) is 4.63. The highest BCUT2D eigenvalue weighted by Gasteiger charge is 2.37. The minimum absolute atomic E-state index is 0.00230. The number of rotatable bonds is 7. The molecule has 0 spiro atoms. The van der Waals surface area contributed by atoms with Crippen molar-refractivity contribution in [2.45, 2.75) is 45.0 Å². The Labute approximate surface area is 145 Å². The van der Waals surface area contributed by atoms with Crippen LogP contribution in [-0.4, -0.2) is 18.4 Å². The second-order valence-electron chi connectivity index (χ2n) is 5.64. The number of hydrogen-bond acceptors (Lipinski definition) is 2. The zero-order chi connectivity index (χ0) is 20.0. The number of benzene rings is 1. The SMILES string of the molecule is CC(=O)NCCCCCC(=O)Nc1cc(C(F)(F)F)cc(C(F)(F)F)c1. The van der Waals surface area contributed by atoms with Gasteiger partial charge in [0.2, 0.25) is 11.8 Å². The summed E-state index contributed by atoms with van der Waals surface area (Å²) in [4.78, 5) is 22.4. The summed E-state index contributed by atoms with van der Waals surface area (Å²) in [6.45, 7) is 1.79. The Balaban J connectivity index is 2.67. The lowest BCUT2D eigenvalue weighted by atomic mass is 10.1. The van der Waals surface area contributed by atoms with Crippen molar-refractivity contribution in [1.29, 1.82) is 0 Å². The number of anilines is 1. The molecule has 1 rings (SSSR count). The summed E-state index contributed by atoms with van der Waals surface area (Å²) in [7, 11) is 0. The fourth-order valence-corrected chi connectivity index (χ4v) is 2.10. The first-order chi connectivity index (χ1) is 11.9. The monoisotopic (exact) mass is 384 g/mol. The number of alkyl halides is 6. The lowest BCUT2D eigenvalue weighted by Crippen LogP contribution is -2.20. The van der Waals surface area contributed by atoms with E-state index in [-0.39, 0.29) is 18.4 Å². The van der Waals surface area contributed by atoms with Crippen LogP contribution < -0.4 is 10.6 Å². The van der Waals surface area contributed by atoms with E-state index in [1.807, 2.05) is 0 Å². The summed E-state index contributed by atoms with van der Waals surface area (Å²) in [5.41, 5.74) is -3.54. The number of halogens is 6. The van der Waals surface area contributed by atoms with Gasteiger partial charge in [-0.25, -0.2) is 0 Å². The van der Waals surface area contributed by atoms with Gasteiger partial charge in [-0.05, 0) is 31.0 Å². The van der Waals surface area contributed by atoms with Crippen LogP contribution in [0.1, 0.15) is 43.7 Å². The second-order valence-corrected chi connectivity index (χ2v) is 5.64. The van der Waals surface area contributed by atoms with Gasteiger partial charge in [0, 0.05) is 25.6 Å². The van der Waals surface area contributed by atoms with E-state index in [4.69, 9.17) is 0 Å². The molecule has 0 fully saturated rings. The molecule has 26 heavy (non-hydrogen) atoms. The average Bonchev–Trinajstić information content (AvgIpc) is 2.48. The molecule has 2 N–H and O–H groups in total. The molecule has 146 valence electrons. The van der Waals surface area contributed by atoms with E-state index >= 15 is 0 Å². The van der Waals surface area contributed by atoms with Gasteiger partial charge >= 0.3 is 12.4 Å². The fraction of sp³-hybridized carbons (Fsp3) is 0.500. The number of carbonyl (C=O) groups is 2. The van der Waals surface area contributed by atoms with Crippen LogP contribution in [0.2, 0.25) is 0 Å². The van der Waals surface area contributed by atoms with Crippen molar-refractivity contribution in [2.75, 3.05) is 11.9 Å². The molecular formula is C16H18F6N2O2. The van der Waals surface area contributed by atoms with Crippen molar-refractivity contribution in [3.63, 3.8) is 0 Å². The molecule has 0 saturated carbocycles. The minimum atomic E-state index is -4.97. The third-order valence-electron chi connectivity index (χ3n) is 3.33. The fourth-order valence-electron chi connectivity index (χ4n) is 2.10. The van der Waals surface area contributed by atoms with E-state index in [0.29, 0.717) is 37.9 Å². The number of carbonyl (C=O) groups excluding carboxylic acids is 2. The van der Waals surface area contributed by atoms with Crippen LogP contribution in [0, 0.1) is 0 Å². The Morgan fingerprint density at radius 1 is 0.885 bits per heavy atom. The highest BCUT2D eigenvalue weighted by molar-refractivity contribution is 5.90. The highest BCUT2D eigenvalue weighted by Crippen LogP contribution is 2.37. The summed E-state index contributed by atoms with van der Waals surface area (Å²) in [5.74, 6) is -0.871. The Morgan fingerprint density at radius 2 is 1.42 bits per heavy atom. The second kappa shape index (κ2) is 8.91. The van der Waals surface area contributed by atoms with Crippen LogP contribution in [0.15, 0.2) is 18.2 Å². The predicted molar refractivity (Wildman–Crippen MR) is 82.2 cm³/mol. The molecule has 0 bridgehead atoms. The Morgan fingerprint density at radius 3 is 1.88 bits per heavy atom. The maximum absolute atomic E-state index is 12.7. The molecular weight excluding hydrogens is 366 g/mol. The van der Waals surface area contributed by atoms with E-state index < -0.39 is 35.1 Å². The van der Waals surface area contributed by atoms with Gasteiger partial charge in [0.05, 0.1) is 11.1 Å². The Kier molecular flexibility index (Phi) is 7.46. The van der Waals surface area contributed by atoms with E-state index in [0.717, 1.165) is 0 Å². The van der Waals surface area contributed by atoms with Crippen LogP contribution in [0.5, 0.6) is 0 Å². The summed E-state index contributed by atoms with van der Waals surface area (Å²) in [6, 6.07) is 0.922. The summed E-state index contributed by atoms with van der Waals surface area (Å²) in [6.07, 6.45) is -8.43. The van der Waals surface area contributed by atoms with E-state index in [9.17, 15) is 35.9 Å². The molecule has 2 amide bonds. The predicted octanol–water partition coefficient (Wildman–Crippen LogP) is 4.36. The smallest absolute Gasteiger partial charge is 0.356 e. The number of unbranched alkanes of at least 4 members (excludes halogenated alkanes) is 2. The average molecular weight is 384 g/mol. The summed E-state index contributed by atoms with van der Waals surface area (Å²) < 4.78 is 76.4. The zero-order valence-corrected chi connectivity index (χ0v) is 13.9. The first kappa shape index (κ1) is 21.8. The first-order valence-corrected chi connectivity index (χ1v) is 7.73. The van der Waals surface area contributed by atoms with Crippen LogP contribution in [0.3, 0.4) is 0 Å². The van der Waals surface area contributed by atoms with Gasteiger partial charge in [-0.15, -0.1) is 0 Å². The van der Waals surface area contributed by atoms with E-state index in [1.54, 1.807) is 0 Å². The topological polar surface area (TPSA) is 58.2 Å². The van der Waals surface area contributed by atoms with Gasteiger partial charge in [-0.2, -0.15) is 26.3 Å². The van der Waals surface area contributed by atoms with E-state index in [1.165, 1.54) is 6.92 Å². The molecule has 0 aliphatic carbocycles. The quantitative estimate of drug-likeness (QED) is 0.542. The lowest BCUT2D eigenvalue weighted by molar-refractivity contribution is -0.143. The van der Waals surface area contributed by atoms with Crippen LogP contribution >= 0.6 is 0 Å². The van der Waals surface area contributed by atoms with Crippen molar-refractivity contribution in [3.8, 4) is 0 Å². The zero-order valence-electron chi connectivity index (χ0n) is 13.9. The molecule has 0 aromatic heterocycles. The molecule has 0 atom stereocenters. The van der Waals surface area contributed by atoms with Gasteiger partial charge in [0.15, 0.2) is 0 Å². The third-order valence-corrected chi connectivity index (χ3v) is 3.33. The Bertz CT molecular complexity index is 608. The number of amides is 2. The molecule has 0 aliphatic heterocycles. The molecule has 0 radical (unpaired) electrons. The van der Waals surface area contributed by atoms with Gasteiger partial charge in [0.25, 0.3) is 0 Å². The standard InChI is InChI=1S/C16H18F6N2O2/c1-10(25)23-6-4-2-3-5-14(26)24-13-8-11(15(17,18)19)7-12(9-13)16(20,21)22/h7-9H,2-6H2,1H3,(H,23,25)(H,24,26). The molecule has 4 nitrogen and oxygen atoms in total. The maximum atomic E-state index is 12.7. The molecule has 0 aliphatic rings. The van der Waals surface area contributed by atoms with Gasteiger partial charge < -0.3 is 10.6 Å². The first-order valence-electron chi connectivity index (χ1n) is 7.73. The van der Waals surface area contributed by atoms with Crippen molar-refractivity contribution in [3.05, 3.63) is 29.3 Å². The van der Waals surface area contributed by atoms with Crippen LogP contribution in [0.25, 0.3) is 0 Å². The summed E-state index contributed by atoms with van der Waals surface area (Å²) >= 11 is 0. The van der Waals surface area contributed by atoms with Crippen LogP contribution in [-0.2, 0) is 21.9 Å². The Hall–Kier alpha value is -2.26. The van der Waals surface area contributed by atoms with Gasteiger partial charge in [-0.3, -0.25) is 9.59 Å². The largest absolute Gasteiger partial charge is 0.416 e. The minimum Gasteiger partial charge on any atom is -0.356 e. The molecule has 1 aromatic carbocycles. The maximum Gasteiger partial charge on any atom is 0.416 e. The number of hydrogen-bond donors (Lipinski definition) is 2. The molecule has 10 heteroatoms. The van der Waals surface area contributed by atoms with Gasteiger partial charge in [0.1, 0.15) is 0 Å². The molecule has 1 aromatic rings. The molecule has 0 saturated heterocycles. The lowest BCUT2D eigenvalue weighted by Gasteiger charge is -2.14. The molecule has 0 heterocycles. The highest BCUT2D eigenvalue weighted by atomic mass is 19.4. The molecule has 0 unspecified atom stereocenters. The third kappa shape index (κ3) is 7.75. The van der Waals surface area contributed by atoms with Crippen molar-refractivity contribution in [2.24, 2.45) is 0 Å². The number of nitrogens with one attached hydrogen (secondary N) is 2. The normalized spacial score (nSPS) is 12.0. The van der Waals surface area contributed by atoms with Gasteiger partial charge in [-0.1, -0.05) is 6.42 Å². The van der Waals surface area contributed by atoms with Crippen molar-refractivity contribution < 1.29 is 35.9 Å². The van der Waals surface area contributed by atoms with Crippen LogP contribution in [0.4, 0.5) is 32.0 Å².